The Bertz CT molecular complexity index is 1050. The normalized spacial score (nSPS) is 21.3. The molecule has 3 aliphatic rings. The van der Waals surface area contributed by atoms with Crippen molar-refractivity contribution in [1.29, 1.82) is 0 Å². The predicted octanol–water partition coefficient (Wildman–Crippen LogP) is 2.94. The van der Waals surface area contributed by atoms with Gasteiger partial charge < -0.3 is 24.4 Å². The molecule has 1 atom stereocenters. The quantitative estimate of drug-likeness (QED) is 0.518. The summed E-state index contributed by atoms with van der Waals surface area (Å²) in [4.78, 5) is 45.2. The Morgan fingerprint density at radius 3 is 2.29 bits per heavy atom. The molecule has 0 bridgehead atoms. The molecule has 1 N–H and O–H groups in total. The lowest BCUT2D eigenvalue weighted by Gasteiger charge is -2.36. The van der Waals surface area contributed by atoms with E-state index < -0.39 is 12.0 Å². The molecule has 1 aromatic rings. The molecule has 10 heteroatoms. The van der Waals surface area contributed by atoms with Gasteiger partial charge in [0.2, 0.25) is 5.91 Å². The van der Waals surface area contributed by atoms with Crippen LogP contribution in [0.3, 0.4) is 0 Å². The van der Waals surface area contributed by atoms with Crippen molar-refractivity contribution in [2.24, 2.45) is 5.92 Å². The van der Waals surface area contributed by atoms with Gasteiger partial charge in [-0.25, -0.2) is 9.59 Å². The second kappa shape index (κ2) is 12.5. The second-order valence-electron chi connectivity index (χ2n) is 10.1. The third kappa shape index (κ3) is 6.06. The van der Waals surface area contributed by atoms with Crippen LogP contribution in [0, 0.1) is 5.92 Å². The highest BCUT2D eigenvalue weighted by Crippen LogP contribution is 2.35. The van der Waals surface area contributed by atoms with E-state index in [4.69, 9.17) is 14.2 Å². The standard InChI is InChI=1S/C28H40N4O6/c1-5-38-27(34)24-23(18-31-11-8-12-32(14-13-31)26(33)19-9-6-7-10-19)30(2)28(35)29-25(24)20-15-21(36-3)17-22(16-20)37-4/h15-17,19,25H,5-14,18H2,1-4H3,(H,29,35). The van der Waals surface area contributed by atoms with Crippen molar-refractivity contribution >= 4 is 17.9 Å². The van der Waals surface area contributed by atoms with Gasteiger partial charge in [-0.15, -0.1) is 0 Å². The van der Waals surface area contributed by atoms with Crippen molar-refractivity contribution in [2.75, 3.05) is 60.6 Å². The number of nitrogens with zero attached hydrogens (tertiary/aromatic N) is 3. The molecule has 1 saturated carbocycles. The first-order valence-corrected chi connectivity index (χ1v) is 13.5. The van der Waals surface area contributed by atoms with Gasteiger partial charge in [0.1, 0.15) is 11.5 Å². The van der Waals surface area contributed by atoms with E-state index >= 15 is 0 Å². The van der Waals surface area contributed by atoms with E-state index in [1.54, 1.807) is 46.4 Å². The molecule has 0 radical (unpaired) electrons. The van der Waals surface area contributed by atoms with Crippen LogP contribution in [0.1, 0.15) is 50.6 Å². The summed E-state index contributed by atoms with van der Waals surface area (Å²) in [5.74, 6) is 1.06. The number of methoxy groups -OCH3 is 2. The molecule has 3 amide bonds. The van der Waals surface area contributed by atoms with Crippen molar-refractivity contribution in [1.82, 2.24) is 20.0 Å². The molecule has 1 aliphatic carbocycles. The number of esters is 1. The highest BCUT2D eigenvalue weighted by molar-refractivity contribution is 5.95. The molecule has 2 aliphatic heterocycles. The van der Waals surface area contributed by atoms with Crippen LogP contribution >= 0.6 is 0 Å². The fraction of sp³-hybridized carbons (Fsp3) is 0.607. The van der Waals surface area contributed by atoms with Crippen molar-refractivity contribution < 1.29 is 28.6 Å². The predicted molar refractivity (Wildman–Crippen MR) is 142 cm³/mol. The molecular weight excluding hydrogens is 488 g/mol. The van der Waals surface area contributed by atoms with Gasteiger partial charge in [0, 0.05) is 57.5 Å². The van der Waals surface area contributed by atoms with Crippen LogP contribution in [0.25, 0.3) is 0 Å². The van der Waals surface area contributed by atoms with Gasteiger partial charge in [-0.3, -0.25) is 14.6 Å². The molecule has 208 valence electrons. The van der Waals surface area contributed by atoms with Crippen LogP contribution in [0.2, 0.25) is 0 Å². The Hall–Kier alpha value is -3.27. The third-order valence-electron chi connectivity index (χ3n) is 7.76. The molecule has 0 aromatic heterocycles. The van der Waals surface area contributed by atoms with E-state index in [9.17, 15) is 14.4 Å². The fourth-order valence-electron chi connectivity index (χ4n) is 5.64. The Morgan fingerprint density at radius 2 is 1.66 bits per heavy atom. The number of ether oxygens (including phenoxy) is 3. The van der Waals surface area contributed by atoms with Crippen LogP contribution in [-0.4, -0.2) is 93.2 Å². The smallest absolute Gasteiger partial charge is 0.338 e. The lowest BCUT2D eigenvalue weighted by molar-refractivity contribution is -0.139. The van der Waals surface area contributed by atoms with Gasteiger partial charge in [0.05, 0.1) is 32.4 Å². The molecule has 2 fully saturated rings. The third-order valence-corrected chi connectivity index (χ3v) is 7.76. The van der Waals surface area contributed by atoms with E-state index in [1.165, 1.54) is 4.90 Å². The summed E-state index contributed by atoms with van der Waals surface area (Å²) in [5, 5.41) is 2.95. The lowest BCUT2D eigenvalue weighted by Crippen LogP contribution is -2.49. The second-order valence-corrected chi connectivity index (χ2v) is 10.1. The molecule has 10 nitrogen and oxygen atoms in total. The van der Waals surface area contributed by atoms with Crippen LogP contribution in [0.15, 0.2) is 29.5 Å². The minimum atomic E-state index is -0.732. The zero-order valence-corrected chi connectivity index (χ0v) is 23.0. The number of benzene rings is 1. The Balaban J connectivity index is 1.63. The summed E-state index contributed by atoms with van der Waals surface area (Å²) in [5.41, 5.74) is 1.63. The minimum absolute atomic E-state index is 0.161. The summed E-state index contributed by atoms with van der Waals surface area (Å²) in [6.45, 7) is 5.18. The van der Waals surface area contributed by atoms with Crippen LogP contribution in [0.5, 0.6) is 11.5 Å². The van der Waals surface area contributed by atoms with Crippen LogP contribution in [-0.2, 0) is 14.3 Å². The van der Waals surface area contributed by atoms with Crippen molar-refractivity contribution in [3.8, 4) is 11.5 Å². The number of carbonyl (C=O) groups excluding carboxylic acids is 3. The first-order valence-electron chi connectivity index (χ1n) is 13.5. The van der Waals surface area contributed by atoms with E-state index in [0.717, 1.165) is 45.2 Å². The number of rotatable bonds is 8. The Kier molecular flexibility index (Phi) is 9.14. The van der Waals surface area contributed by atoms with Crippen molar-refractivity contribution in [2.45, 2.75) is 45.1 Å². The number of nitrogens with one attached hydrogen (secondary N) is 1. The maximum atomic E-state index is 13.4. The first kappa shape index (κ1) is 27.8. The topological polar surface area (TPSA) is 101 Å². The zero-order valence-electron chi connectivity index (χ0n) is 23.0. The van der Waals surface area contributed by atoms with Gasteiger partial charge in [0.15, 0.2) is 0 Å². The van der Waals surface area contributed by atoms with E-state index in [0.29, 0.717) is 48.0 Å². The number of amides is 3. The number of urea groups is 1. The molecule has 38 heavy (non-hydrogen) atoms. The first-order chi connectivity index (χ1) is 18.4. The fourth-order valence-corrected chi connectivity index (χ4v) is 5.64. The van der Waals surface area contributed by atoms with Crippen molar-refractivity contribution in [3.63, 3.8) is 0 Å². The summed E-state index contributed by atoms with van der Waals surface area (Å²) in [6.07, 6.45) is 5.09. The zero-order chi connectivity index (χ0) is 27.2. The van der Waals surface area contributed by atoms with E-state index in [2.05, 4.69) is 10.2 Å². The molecule has 2 heterocycles. The van der Waals surface area contributed by atoms with Crippen LogP contribution < -0.4 is 14.8 Å². The maximum absolute atomic E-state index is 13.4. The van der Waals surface area contributed by atoms with Gasteiger partial charge in [-0.1, -0.05) is 12.8 Å². The Morgan fingerprint density at radius 1 is 0.974 bits per heavy atom. The van der Waals surface area contributed by atoms with E-state index in [1.807, 2.05) is 4.90 Å². The van der Waals surface area contributed by atoms with Gasteiger partial charge in [-0.2, -0.15) is 0 Å². The molecule has 4 rings (SSSR count). The molecule has 1 aromatic carbocycles. The highest BCUT2D eigenvalue weighted by atomic mass is 16.5. The molecule has 1 unspecified atom stereocenters. The maximum Gasteiger partial charge on any atom is 0.338 e. The Labute approximate surface area is 224 Å². The summed E-state index contributed by atoms with van der Waals surface area (Å²) in [6, 6.07) is 4.27. The lowest BCUT2D eigenvalue weighted by atomic mass is 9.94. The van der Waals surface area contributed by atoms with Crippen molar-refractivity contribution in [3.05, 3.63) is 35.0 Å². The summed E-state index contributed by atoms with van der Waals surface area (Å²) >= 11 is 0. The minimum Gasteiger partial charge on any atom is -0.497 e. The number of hydrogen-bond acceptors (Lipinski definition) is 7. The van der Waals surface area contributed by atoms with Gasteiger partial charge in [0.25, 0.3) is 0 Å². The number of likely N-dealkylation sites (N-methyl/N-ethyl adjacent to an activating group) is 1. The average Bonchev–Trinajstić information content (AvgIpc) is 3.37. The SMILES string of the molecule is CCOC(=O)C1=C(CN2CCCN(C(=O)C3CCCC3)CC2)N(C)C(=O)NC1c1cc(OC)cc(OC)c1. The van der Waals surface area contributed by atoms with E-state index in [-0.39, 0.29) is 24.5 Å². The monoisotopic (exact) mass is 528 g/mol. The summed E-state index contributed by atoms with van der Waals surface area (Å²) in [7, 11) is 4.78. The molecular formula is C28H40N4O6. The average molecular weight is 529 g/mol. The molecule has 0 spiro atoms. The van der Waals surface area contributed by atoms with Gasteiger partial charge >= 0.3 is 12.0 Å². The highest BCUT2D eigenvalue weighted by Gasteiger charge is 2.38. The van der Waals surface area contributed by atoms with Gasteiger partial charge in [-0.05, 0) is 43.9 Å². The summed E-state index contributed by atoms with van der Waals surface area (Å²) < 4.78 is 16.3. The molecule has 1 saturated heterocycles. The number of hydrogen-bond donors (Lipinski definition) is 1. The number of carbonyl (C=O) groups is 3. The van der Waals surface area contributed by atoms with Crippen LogP contribution in [0.4, 0.5) is 4.79 Å². The largest absolute Gasteiger partial charge is 0.497 e.